The van der Waals surface area contributed by atoms with E-state index in [0.717, 1.165) is 16.9 Å². The highest BCUT2D eigenvalue weighted by molar-refractivity contribution is 6.35. The number of urea groups is 1. The van der Waals surface area contributed by atoms with E-state index in [9.17, 15) is 4.79 Å². The van der Waals surface area contributed by atoms with Crippen LogP contribution in [0.15, 0.2) is 42.5 Å². The Labute approximate surface area is 158 Å². The Bertz CT molecular complexity index is 731. The molecular formula is C19H22Cl2N2O2. The van der Waals surface area contributed by atoms with Crippen molar-refractivity contribution in [1.82, 2.24) is 10.6 Å². The zero-order chi connectivity index (χ0) is 18.4. The smallest absolute Gasteiger partial charge is 0.315 e. The second-order valence-electron chi connectivity index (χ2n) is 6.22. The van der Waals surface area contributed by atoms with Crippen LogP contribution in [0, 0.1) is 0 Å². The first-order valence-electron chi connectivity index (χ1n) is 7.96. The molecule has 2 aromatic carbocycles. The lowest BCUT2D eigenvalue weighted by molar-refractivity contribution is 0.230. The van der Waals surface area contributed by atoms with Crippen LogP contribution in [0.4, 0.5) is 4.79 Å². The molecule has 6 heteroatoms. The van der Waals surface area contributed by atoms with E-state index in [-0.39, 0.29) is 6.03 Å². The van der Waals surface area contributed by atoms with Crippen LogP contribution in [-0.2, 0) is 12.0 Å². The molecule has 4 nitrogen and oxygen atoms in total. The Hall–Kier alpha value is -1.91. The zero-order valence-electron chi connectivity index (χ0n) is 14.5. The molecule has 0 fully saturated rings. The Kier molecular flexibility index (Phi) is 6.57. The summed E-state index contributed by atoms with van der Waals surface area (Å²) in [5.74, 6) is 0.781. The van der Waals surface area contributed by atoms with Gasteiger partial charge < -0.3 is 15.4 Å². The van der Waals surface area contributed by atoms with Gasteiger partial charge in [-0.3, -0.25) is 0 Å². The highest BCUT2D eigenvalue weighted by Crippen LogP contribution is 2.23. The van der Waals surface area contributed by atoms with Crippen LogP contribution in [-0.4, -0.2) is 19.7 Å². The highest BCUT2D eigenvalue weighted by Gasteiger charge is 2.22. The molecule has 0 unspecified atom stereocenters. The van der Waals surface area contributed by atoms with Gasteiger partial charge in [0.2, 0.25) is 0 Å². The Morgan fingerprint density at radius 3 is 2.40 bits per heavy atom. The van der Waals surface area contributed by atoms with Crippen LogP contribution in [0.2, 0.25) is 10.0 Å². The van der Waals surface area contributed by atoms with Gasteiger partial charge in [0.15, 0.2) is 0 Å². The number of benzene rings is 2. The molecule has 0 atom stereocenters. The molecular weight excluding hydrogens is 359 g/mol. The summed E-state index contributed by atoms with van der Waals surface area (Å²) in [6.07, 6.45) is 0.631. The molecule has 2 aromatic rings. The van der Waals surface area contributed by atoms with Crippen molar-refractivity contribution in [1.29, 1.82) is 0 Å². The molecule has 0 spiro atoms. The molecule has 0 saturated heterocycles. The fraction of sp³-hybridized carbons (Fsp3) is 0.316. The van der Waals surface area contributed by atoms with E-state index in [2.05, 4.69) is 10.6 Å². The quantitative estimate of drug-likeness (QED) is 0.757. The lowest BCUT2D eigenvalue weighted by Crippen LogP contribution is -2.46. The molecule has 2 amide bonds. The Morgan fingerprint density at radius 2 is 1.80 bits per heavy atom. The fourth-order valence-electron chi connectivity index (χ4n) is 2.44. The van der Waals surface area contributed by atoms with E-state index in [0.29, 0.717) is 23.0 Å². The largest absolute Gasteiger partial charge is 0.497 e. The molecule has 0 saturated carbocycles. The number of halogens is 2. The molecule has 2 N–H and O–H groups in total. The first-order chi connectivity index (χ1) is 11.8. The van der Waals surface area contributed by atoms with E-state index >= 15 is 0 Å². The maximum Gasteiger partial charge on any atom is 0.315 e. The van der Waals surface area contributed by atoms with Gasteiger partial charge in [-0.25, -0.2) is 4.79 Å². The number of hydrogen-bond donors (Lipinski definition) is 2. The average Bonchev–Trinajstić information content (AvgIpc) is 2.56. The number of carbonyl (C=O) groups is 1. The summed E-state index contributed by atoms with van der Waals surface area (Å²) in [7, 11) is 1.62. The minimum atomic E-state index is -0.506. The predicted molar refractivity (Wildman–Crippen MR) is 103 cm³/mol. The van der Waals surface area contributed by atoms with Gasteiger partial charge in [0.25, 0.3) is 0 Å². The molecule has 0 heterocycles. The second-order valence-corrected chi connectivity index (χ2v) is 7.06. The second kappa shape index (κ2) is 8.45. The molecule has 0 aliphatic carbocycles. The first-order valence-corrected chi connectivity index (χ1v) is 8.72. The maximum absolute atomic E-state index is 12.2. The van der Waals surface area contributed by atoms with Crippen molar-refractivity contribution in [3.05, 3.63) is 63.6 Å². The number of rotatable bonds is 6. The third-order valence-electron chi connectivity index (χ3n) is 3.93. The summed E-state index contributed by atoms with van der Waals surface area (Å²) in [6, 6.07) is 12.7. The number of amides is 2. The normalized spacial score (nSPS) is 11.1. The van der Waals surface area contributed by atoms with Crippen molar-refractivity contribution in [2.75, 3.05) is 13.7 Å². The van der Waals surface area contributed by atoms with E-state index in [4.69, 9.17) is 27.9 Å². The topological polar surface area (TPSA) is 50.4 Å². The molecule has 25 heavy (non-hydrogen) atoms. The van der Waals surface area contributed by atoms with Gasteiger partial charge in [-0.05, 0) is 55.7 Å². The molecule has 0 aromatic heterocycles. The fourth-order valence-corrected chi connectivity index (χ4v) is 2.95. The number of hydrogen-bond acceptors (Lipinski definition) is 2. The van der Waals surface area contributed by atoms with Crippen LogP contribution in [0.3, 0.4) is 0 Å². The summed E-state index contributed by atoms with van der Waals surface area (Å²) in [5.41, 5.74) is 1.43. The summed E-state index contributed by atoms with van der Waals surface area (Å²) in [6.45, 7) is 4.38. The minimum Gasteiger partial charge on any atom is -0.497 e. The summed E-state index contributed by atoms with van der Waals surface area (Å²) in [4.78, 5) is 12.2. The number of methoxy groups -OCH3 is 1. The van der Waals surface area contributed by atoms with Gasteiger partial charge in [-0.1, -0.05) is 41.4 Å². The maximum atomic E-state index is 12.2. The predicted octanol–water partition coefficient (Wildman–Crippen LogP) is 4.78. The van der Waals surface area contributed by atoms with Gasteiger partial charge in [-0.2, -0.15) is 0 Å². The number of carbonyl (C=O) groups excluding carboxylic acids is 1. The number of ether oxygens (including phenoxy) is 1. The first kappa shape index (κ1) is 19.4. The van der Waals surface area contributed by atoms with Crippen LogP contribution >= 0.6 is 23.2 Å². The highest BCUT2D eigenvalue weighted by atomic mass is 35.5. The van der Waals surface area contributed by atoms with Crippen molar-refractivity contribution in [2.45, 2.75) is 25.8 Å². The van der Waals surface area contributed by atoms with Crippen LogP contribution in [0.1, 0.15) is 25.0 Å². The minimum absolute atomic E-state index is 0.231. The summed E-state index contributed by atoms with van der Waals surface area (Å²) < 4.78 is 5.16. The van der Waals surface area contributed by atoms with Crippen LogP contribution in [0.5, 0.6) is 5.75 Å². The SMILES string of the molecule is COc1ccc(C(C)(C)NC(=O)NCCc2ccc(Cl)cc2Cl)cc1. The monoisotopic (exact) mass is 380 g/mol. The summed E-state index contributed by atoms with van der Waals surface area (Å²) >= 11 is 12.0. The van der Waals surface area contributed by atoms with Crippen molar-refractivity contribution in [3.63, 3.8) is 0 Å². The van der Waals surface area contributed by atoms with E-state index < -0.39 is 5.54 Å². The molecule has 0 aliphatic heterocycles. The van der Waals surface area contributed by atoms with E-state index in [1.54, 1.807) is 19.2 Å². The van der Waals surface area contributed by atoms with Crippen LogP contribution in [0.25, 0.3) is 0 Å². The Balaban J connectivity index is 1.87. The Morgan fingerprint density at radius 1 is 1.12 bits per heavy atom. The van der Waals surface area contributed by atoms with Gasteiger partial charge in [0.05, 0.1) is 12.6 Å². The molecule has 0 radical (unpaired) electrons. The lowest BCUT2D eigenvalue weighted by Gasteiger charge is -2.27. The molecule has 2 rings (SSSR count). The lowest BCUT2D eigenvalue weighted by atomic mass is 9.94. The standard InChI is InChI=1S/C19H22Cl2N2O2/c1-19(2,14-5-8-16(25-3)9-6-14)23-18(24)22-11-10-13-4-7-15(20)12-17(13)21/h4-9,12H,10-11H2,1-3H3,(H2,22,23,24). The zero-order valence-corrected chi connectivity index (χ0v) is 16.0. The molecule has 134 valence electrons. The van der Waals surface area contributed by atoms with E-state index in [1.165, 1.54) is 0 Å². The third kappa shape index (κ3) is 5.55. The summed E-state index contributed by atoms with van der Waals surface area (Å²) in [5, 5.41) is 7.03. The third-order valence-corrected chi connectivity index (χ3v) is 4.52. The van der Waals surface area contributed by atoms with Crippen molar-refractivity contribution < 1.29 is 9.53 Å². The van der Waals surface area contributed by atoms with Crippen molar-refractivity contribution >= 4 is 29.2 Å². The van der Waals surface area contributed by atoms with Crippen molar-refractivity contribution in [2.24, 2.45) is 0 Å². The van der Waals surface area contributed by atoms with Gasteiger partial charge >= 0.3 is 6.03 Å². The molecule has 0 bridgehead atoms. The van der Waals surface area contributed by atoms with Crippen LogP contribution < -0.4 is 15.4 Å². The number of nitrogens with one attached hydrogen (secondary N) is 2. The van der Waals surface area contributed by atoms with E-state index in [1.807, 2.05) is 44.2 Å². The molecule has 0 aliphatic rings. The van der Waals surface area contributed by atoms with Gasteiger partial charge in [-0.15, -0.1) is 0 Å². The van der Waals surface area contributed by atoms with Gasteiger partial charge in [0, 0.05) is 16.6 Å². The average molecular weight is 381 g/mol. The van der Waals surface area contributed by atoms with Gasteiger partial charge in [0.1, 0.15) is 5.75 Å². The van der Waals surface area contributed by atoms with Crippen molar-refractivity contribution in [3.8, 4) is 5.75 Å².